The molecule has 1 rings (SSSR count). The summed E-state index contributed by atoms with van der Waals surface area (Å²) in [6.45, 7) is 13.4. The van der Waals surface area contributed by atoms with Crippen molar-refractivity contribution in [1.29, 1.82) is 0 Å². The number of aromatic nitrogens is 2. The zero-order chi connectivity index (χ0) is 16.3. The van der Waals surface area contributed by atoms with Crippen LogP contribution in [0.15, 0.2) is 0 Å². The van der Waals surface area contributed by atoms with E-state index in [0.717, 1.165) is 23.5 Å². The fraction of sp³-hybridized carbons (Fsp3) is 0.800. The van der Waals surface area contributed by atoms with Crippen LogP contribution in [0.1, 0.15) is 51.1 Å². The number of rotatable bonds is 7. The van der Waals surface area contributed by atoms with E-state index in [-0.39, 0.29) is 17.0 Å². The monoisotopic (exact) mass is 315 g/mol. The van der Waals surface area contributed by atoms with Crippen LogP contribution < -0.4 is 5.32 Å². The molecule has 0 saturated carbocycles. The SMILES string of the molecule is CCCS(=O)(=O)CCn1nc(C)c(CNC(C)(C)C)c1C. The van der Waals surface area contributed by atoms with Gasteiger partial charge in [0.05, 0.1) is 18.0 Å². The predicted molar refractivity (Wildman–Crippen MR) is 87.2 cm³/mol. The Labute approximate surface area is 129 Å². The Kier molecular flexibility index (Phi) is 5.99. The van der Waals surface area contributed by atoms with Gasteiger partial charge in [-0.3, -0.25) is 4.68 Å². The van der Waals surface area contributed by atoms with E-state index < -0.39 is 9.84 Å². The summed E-state index contributed by atoms with van der Waals surface area (Å²) in [4.78, 5) is 0. The Morgan fingerprint density at radius 3 is 2.33 bits per heavy atom. The molecule has 0 aliphatic heterocycles. The zero-order valence-electron chi connectivity index (χ0n) is 14.2. The minimum absolute atomic E-state index is 0.0471. The van der Waals surface area contributed by atoms with Gasteiger partial charge in [0.25, 0.3) is 0 Å². The zero-order valence-corrected chi connectivity index (χ0v) is 15.0. The Hall–Kier alpha value is -0.880. The topological polar surface area (TPSA) is 64.0 Å². The summed E-state index contributed by atoms with van der Waals surface area (Å²) in [6, 6.07) is 0. The van der Waals surface area contributed by atoms with Gasteiger partial charge in [-0.1, -0.05) is 6.92 Å². The van der Waals surface area contributed by atoms with Crippen molar-refractivity contribution in [2.45, 2.75) is 66.6 Å². The lowest BCUT2D eigenvalue weighted by atomic mass is 10.1. The van der Waals surface area contributed by atoms with Crippen molar-refractivity contribution in [1.82, 2.24) is 15.1 Å². The molecule has 0 aliphatic rings. The summed E-state index contributed by atoms with van der Waals surface area (Å²) in [6.07, 6.45) is 0.667. The van der Waals surface area contributed by atoms with Crippen molar-refractivity contribution in [3.63, 3.8) is 0 Å². The highest BCUT2D eigenvalue weighted by Gasteiger charge is 2.16. The maximum atomic E-state index is 11.8. The highest BCUT2D eigenvalue weighted by atomic mass is 32.2. The molecular weight excluding hydrogens is 286 g/mol. The van der Waals surface area contributed by atoms with Crippen molar-refractivity contribution in [2.75, 3.05) is 11.5 Å². The van der Waals surface area contributed by atoms with E-state index >= 15 is 0 Å². The average molecular weight is 315 g/mol. The minimum atomic E-state index is -2.96. The second-order valence-electron chi connectivity index (χ2n) is 6.63. The van der Waals surface area contributed by atoms with Gasteiger partial charge in [0.1, 0.15) is 0 Å². The van der Waals surface area contributed by atoms with Crippen LogP contribution >= 0.6 is 0 Å². The number of nitrogens with one attached hydrogen (secondary N) is 1. The number of aryl methyl sites for hydroxylation is 2. The summed E-state index contributed by atoms with van der Waals surface area (Å²) in [5.41, 5.74) is 3.23. The van der Waals surface area contributed by atoms with Crippen LogP contribution in [0, 0.1) is 13.8 Å². The molecule has 0 bridgehead atoms. The van der Waals surface area contributed by atoms with Crippen molar-refractivity contribution >= 4 is 9.84 Å². The Morgan fingerprint density at radius 2 is 1.81 bits per heavy atom. The Balaban J connectivity index is 2.78. The molecule has 0 aliphatic carbocycles. The van der Waals surface area contributed by atoms with Crippen LogP contribution in [0.4, 0.5) is 0 Å². The summed E-state index contributed by atoms with van der Waals surface area (Å²) in [5.74, 6) is 0.416. The van der Waals surface area contributed by atoms with Crippen LogP contribution in [-0.4, -0.2) is 35.2 Å². The molecule has 1 aromatic heterocycles. The maximum absolute atomic E-state index is 11.8. The van der Waals surface area contributed by atoms with Crippen molar-refractivity contribution in [3.05, 3.63) is 17.0 Å². The molecule has 0 radical (unpaired) electrons. The Bertz CT molecular complexity index is 568. The molecule has 0 saturated heterocycles. The molecule has 1 N–H and O–H groups in total. The van der Waals surface area contributed by atoms with Gasteiger partial charge in [0.15, 0.2) is 9.84 Å². The third-order valence-electron chi connectivity index (χ3n) is 3.46. The summed E-state index contributed by atoms with van der Waals surface area (Å²) in [5, 5.41) is 7.94. The summed E-state index contributed by atoms with van der Waals surface area (Å²) >= 11 is 0. The highest BCUT2D eigenvalue weighted by molar-refractivity contribution is 7.91. The van der Waals surface area contributed by atoms with Gasteiger partial charge in [0.2, 0.25) is 0 Å². The molecule has 1 heterocycles. The third kappa shape index (κ3) is 5.79. The molecule has 1 aromatic rings. The second-order valence-corrected chi connectivity index (χ2v) is 8.93. The molecule has 0 amide bonds. The molecule has 0 fully saturated rings. The van der Waals surface area contributed by atoms with Crippen LogP contribution in [-0.2, 0) is 22.9 Å². The van der Waals surface area contributed by atoms with E-state index in [4.69, 9.17) is 0 Å². The lowest BCUT2D eigenvalue weighted by Crippen LogP contribution is -2.35. The minimum Gasteiger partial charge on any atom is -0.308 e. The first-order valence-corrected chi connectivity index (χ1v) is 9.36. The summed E-state index contributed by atoms with van der Waals surface area (Å²) in [7, 11) is -2.96. The number of hydrogen-bond acceptors (Lipinski definition) is 4. The first-order valence-electron chi connectivity index (χ1n) is 7.54. The van der Waals surface area contributed by atoms with Crippen LogP contribution in [0.3, 0.4) is 0 Å². The van der Waals surface area contributed by atoms with Gasteiger partial charge in [-0.2, -0.15) is 5.10 Å². The van der Waals surface area contributed by atoms with Gasteiger partial charge in [-0.25, -0.2) is 8.42 Å². The van der Waals surface area contributed by atoms with Gasteiger partial charge >= 0.3 is 0 Å². The van der Waals surface area contributed by atoms with Crippen LogP contribution in [0.25, 0.3) is 0 Å². The van der Waals surface area contributed by atoms with Crippen LogP contribution in [0.2, 0.25) is 0 Å². The normalized spacial score (nSPS) is 12.9. The number of nitrogens with zero attached hydrogens (tertiary/aromatic N) is 2. The van der Waals surface area contributed by atoms with E-state index in [9.17, 15) is 8.42 Å². The van der Waals surface area contributed by atoms with E-state index in [1.807, 2.05) is 25.5 Å². The average Bonchev–Trinajstić information content (AvgIpc) is 2.59. The Morgan fingerprint density at radius 1 is 1.19 bits per heavy atom. The molecule has 122 valence electrons. The lowest BCUT2D eigenvalue weighted by molar-refractivity contribution is 0.423. The molecule has 6 heteroatoms. The van der Waals surface area contributed by atoms with Crippen molar-refractivity contribution in [2.24, 2.45) is 0 Å². The van der Waals surface area contributed by atoms with E-state index in [0.29, 0.717) is 13.0 Å². The van der Waals surface area contributed by atoms with Crippen LogP contribution in [0.5, 0.6) is 0 Å². The molecule has 0 atom stereocenters. The number of hydrogen-bond donors (Lipinski definition) is 1. The fourth-order valence-corrected chi connectivity index (χ4v) is 3.48. The highest BCUT2D eigenvalue weighted by Crippen LogP contribution is 2.14. The first-order chi connectivity index (χ1) is 9.56. The van der Waals surface area contributed by atoms with Gasteiger partial charge in [0, 0.05) is 29.1 Å². The molecule has 21 heavy (non-hydrogen) atoms. The van der Waals surface area contributed by atoms with E-state index in [1.165, 1.54) is 0 Å². The smallest absolute Gasteiger partial charge is 0.152 e. The molecule has 5 nitrogen and oxygen atoms in total. The predicted octanol–water partition coefficient (Wildman–Crippen LogP) is 2.21. The van der Waals surface area contributed by atoms with Gasteiger partial charge in [-0.05, 0) is 41.0 Å². The molecule has 0 unspecified atom stereocenters. The first kappa shape index (κ1) is 18.2. The van der Waals surface area contributed by atoms with Crippen molar-refractivity contribution in [3.8, 4) is 0 Å². The molecular formula is C15H29N3O2S. The third-order valence-corrected chi connectivity index (χ3v) is 5.29. The van der Waals surface area contributed by atoms with E-state index in [2.05, 4.69) is 31.2 Å². The number of sulfone groups is 1. The maximum Gasteiger partial charge on any atom is 0.152 e. The van der Waals surface area contributed by atoms with Gasteiger partial charge in [-0.15, -0.1) is 0 Å². The standard InChI is InChI=1S/C15H29N3O2S/c1-7-9-21(19,20)10-8-18-13(3)14(12(2)17-18)11-16-15(4,5)6/h16H,7-11H2,1-6H3. The van der Waals surface area contributed by atoms with Gasteiger partial charge < -0.3 is 5.32 Å². The second kappa shape index (κ2) is 6.92. The molecule has 0 aromatic carbocycles. The lowest BCUT2D eigenvalue weighted by Gasteiger charge is -2.20. The molecule has 0 spiro atoms. The fourth-order valence-electron chi connectivity index (χ4n) is 2.20. The quantitative estimate of drug-likeness (QED) is 0.838. The summed E-state index contributed by atoms with van der Waals surface area (Å²) < 4.78 is 25.4. The largest absolute Gasteiger partial charge is 0.308 e. The van der Waals surface area contributed by atoms with Crippen molar-refractivity contribution < 1.29 is 8.42 Å². The van der Waals surface area contributed by atoms with E-state index in [1.54, 1.807) is 0 Å².